The van der Waals surface area contributed by atoms with Crippen LogP contribution in [0, 0.1) is 18.3 Å². The number of fused-ring (bicyclic) bond motifs is 1. The Morgan fingerprint density at radius 1 is 1.04 bits per heavy atom. The lowest BCUT2D eigenvalue weighted by Crippen LogP contribution is -2.77. The van der Waals surface area contributed by atoms with E-state index in [-0.39, 0.29) is 12.6 Å². The van der Waals surface area contributed by atoms with Gasteiger partial charge in [-0.3, -0.25) is 4.90 Å². The zero-order chi connectivity index (χ0) is 34.9. The minimum atomic E-state index is -1.32. The minimum absolute atomic E-state index is 0.111. The first kappa shape index (κ1) is 37.2. The number of rotatable bonds is 17. The van der Waals surface area contributed by atoms with Crippen LogP contribution < -0.4 is 15.2 Å². The molecule has 5 rings (SSSR count). The van der Waals surface area contributed by atoms with Crippen molar-refractivity contribution in [1.29, 1.82) is 0 Å². The van der Waals surface area contributed by atoms with Crippen molar-refractivity contribution in [1.82, 2.24) is 4.90 Å². The van der Waals surface area contributed by atoms with Crippen molar-refractivity contribution in [3.8, 4) is 11.5 Å². The number of likely N-dealkylation sites (tertiary alicyclic amines) is 1. The Labute approximate surface area is 287 Å². The maximum atomic E-state index is 12.3. The van der Waals surface area contributed by atoms with Gasteiger partial charge in [-0.25, -0.2) is 0 Å². The first-order chi connectivity index (χ1) is 22.7. The van der Waals surface area contributed by atoms with Gasteiger partial charge in [0.1, 0.15) is 24.6 Å². The molecule has 0 amide bonds. The monoisotopic (exact) mass is 672 g/mol. The first-order valence-electron chi connectivity index (χ1n) is 17.6. The molecule has 2 aliphatic heterocycles. The lowest BCUT2D eigenvalue weighted by atomic mass is 9.52. The summed E-state index contributed by atoms with van der Waals surface area (Å²) in [7, 11) is 3.33. The molecule has 2 heterocycles. The SMILES string of the molecule is C=C(COCCOCCOCCOC)Oc1ccc(C)c2c1O[C@H]1C(OC)C(N)(C(C)(O)C(C)(C)C)C=C3C(C)N(CC4CC4)CCC321. The number of methoxy groups -OCH3 is 2. The van der Waals surface area contributed by atoms with Crippen LogP contribution in [-0.2, 0) is 29.1 Å². The standard InChI is InChI=1S/C38H60N2O8/c1-25-10-13-30(47-26(2)24-46-21-20-45-19-18-44-17-16-42-8)32-31(25)37-14-15-40(23-28-11-12-28)27(3)29(37)22-38(39,34(43-9)33(37)48-32)36(7,41)35(4,5)6/h10,13,22,27-28,33-34,41H,2,11-12,14-21,23-24,39H2,1,3-9H3/t27?,33-,34?,36?,37?,38?/m0/s1. The molecule has 0 radical (unpaired) electrons. The van der Waals surface area contributed by atoms with E-state index in [1.54, 1.807) is 14.2 Å². The van der Waals surface area contributed by atoms with Gasteiger partial charge < -0.3 is 44.0 Å². The van der Waals surface area contributed by atoms with Crippen molar-refractivity contribution in [2.75, 3.05) is 73.6 Å². The molecule has 2 fully saturated rings. The van der Waals surface area contributed by atoms with E-state index in [4.69, 9.17) is 38.9 Å². The minimum Gasteiger partial charge on any atom is -0.482 e. The van der Waals surface area contributed by atoms with Crippen LogP contribution in [0.2, 0.25) is 0 Å². The zero-order valence-corrected chi connectivity index (χ0v) is 30.6. The molecule has 1 aromatic rings. The Kier molecular flexibility index (Phi) is 11.4. The van der Waals surface area contributed by atoms with E-state index in [1.807, 2.05) is 33.8 Å². The van der Waals surface area contributed by atoms with E-state index >= 15 is 0 Å². The van der Waals surface area contributed by atoms with Crippen LogP contribution >= 0.6 is 0 Å². The second-order valence-corrected chi connectivity index (χ2v) is 15.4. The third kappa shape index (κ3) is 6.84. The van der Waals surface area contributed by atoms with Crippen LogP contribution in [0.1, 0.15) is 65.0 Å². The van der Waals surface area contributed by atoms with Gasteiger partial charge >= 0.3 is 0 Å². The summed E-state index contributed by atoms with van der Waals surface area (Å²) in [5.74, 6) is 2.50. The maximum Gasteiger partial charge on any atom is 0.169 e. The molecule has 0 aromatic heterocycles. The summed E-state index contributed by atoms with van der Waals surface area (Å²) in [5, 5.41) is 12.3. The smallest absolute Gasteiger partial charge is 0.169 e. The van der Waals surface area contributed by atoms with Gasteiger partial charge in [-0.2, -0.15) is 0 Å². The second kappa shape index (κ2) is 14.7. The van der Waals surface area contributed by atoms with Gasteiger partial charge in [-0.15, -0.1) is 0 Å². The lowest BCUT2D eigenvalue weighted by molar-refractivity contribution is -0.162. The summed E-state index contributed by atoms with van der Waals surface area (Å²) in [6.45, 7) is 21.7. The Balaban J connectivity index is 1.40. The predicted molar refractivity (Wildman–Crippen MR) is 186 cm³/mol. The molecule has 5 unspecified atom stereocenters. The Bertz CT molecular complexity index is 1320. The predicted octanol–water partition coefficient (Wildman–Crippen LogP) is 4.54. The third-order valence-corrected chi connectivity index (χ3v) is 11.4. The summed E-state index contributed by atoms with van der Waals surface area (Å²) >= 11 is 0. The maximum absolute atomic E-state index is 12.3. The van der Waals surface area contributed by atoms with Gasteiger partial charge in [0, 0.05) is 38.9 Å². The second-order valence-electron chi connectivity index (χ2n) is 15.4. The first-order valence-corrected chi connectivity index (χ1v) is 17.6. The molecule has 270 valence electrons. The molecular weight excluding hydrogens is 612 g/mol. The molecule has 1 saturated carbocycles. The molecule has 6 atom stereocenters. The average molecular weight is 673 g/mol. The molecule has 48 heavy (non-hydrogen) atoms. The quantitative estimate of drug-likeness (QED) is 0.139. The molecule has 1 aromatic carbocycles. The van der Waals surface area contributed by atoms with E-state index in [0.29, 0.717) is 56.9 Å². The number of aliphatic hydroxyl groups is 1. The van der Waals surface area contributed by atoms with Crippen LogP contribution in [0.25, 0.3) is 0 Å². The van der Waals surface area contributed by atoms with E-state index in [1.165, 1.54) is 18.4 Å². The van der Waals surface area contributed by atoms with E-state index in [2.05, 4.69) is 37.5 Å². The Morgan fingerprint density at radius 2 is 1.69 bits per heavy atom. The number of nitrogens with zero attached hydrogens (tertiary/aromatic N) is 1. The van der Waals surface area contributed by atoms with E-state index in [9.17, 15) is 5.11 Å². The molecule has 0 bridgehead atoms. The normalized spacial score (nSPS) is 29.7. The summed E-state index contributed by atoms with van der Waals surface area (Å²) in [6.07, 6.45) is 4.50. The highest BCUT2D eigenvalue weighted by atomic mass is 16.6. The topological polar surface area (TPSA) is 114 Å². The van der Waals surface area contributed by atoms with Crippen LogP contribution in [-0.4, -0.2) is 113 Å². The van der Waals surface area contributed by atoms with Crippen molar-refractivity contribution in [3.05, 3.63) is 47.2 Å². The third-order valence-electron chi connectivity index (χ3n) is 11.4. The number of ether oxygens (including phenoxy) is 7. The van der Waals surface area contributed by atoms with Gasteiger partial charge in [0.05, 0.1) is 56.2 Å². The average Bonchev–Trinajstić information content (AvgIpc) is 3.78. The Morgan fingerprint density at radius 3 is 2.29 bits per heavy atom. The van der Waals surface area contributed by atoms with Crippen molar-refractivity contribution < 1.29 is 38.3 Å². The number of hydrogen-bond donors (Lipinski definition) is 2. The highest BCUT2D eigenvalue weighted by Crippen LogP contribution is 2.62. The molecule has 3 N–H and O–H groups in total. The van der Waals surface area contributed by atoms with Crippen molar-refractivity contribution in [2.45, 2.75) is 95.6 Å². The molecule has 10 nitrogen and oxygen atoms in total. The fourth-order valence-electron chi connectivity index (χ4n) is 7.97. The summed E-state index contributed by atoms with van der Waals surface area (Å²) in [5.41, 5.74) is 7.30. The number of piperidine rings is 1. The highest BCUT2D eigenvalue weighted by molar-refractivity contribution is 5.64. The van der Waals surface area contributed by atoms with Crippen molar-refractivity contribution in [3.63, 3.8) is 0 Å². The summed E-state index contributed by atoms with van der Waals surface area (Å²) in [4.78, 5) is 2.59. The van der Waals surface area contributed by atoms with Gasteiger partial charge in [-0.1, -0.05) is 39.5 Å². The van der Waals surface area contributed by atoms with Gasteiger partial charge in [0.2, 0.25) is 0 Å². The summed E-state index contributed by atoms with van der Waals surface area (Å²) in [6, 6.07) is 4.15. The Hall–Kier alpha value is -2.02. The molecule has 1 spiro atoms. The number of benzene rings is 1. The lowest BCUT2D eigenvalue weighted by Gasteiger charge is -2.60. The fourth-order valence-corrected chi connectivity index (χ4v) is 7.97. The van der Waals surface area contributed by atoms with Gasteiger partial charge in [0.15, 0.2) is 11.5 Å². The number of nitrogens with two attached hydrogens (primary N) is 1. The van der Waals surface area contributed by atoms with Crippen LogP contribution in [0.15, 0.2) is 36.1 Å². The van der Waals surface area contributed by atoms with Gasteiger partial charge in [0.25, 0.3) is 0 Å². The van der Waals surface area contributed by atoms with Crippen LogP contribution in [0.4, 0.5) is 0 Å². The largest absolute Gasteiger partial charge is 0.482 e. The van der Waals surface area contributed by atoms with Crippen molar-refractivity contribution >= 4 is 0 Å². The molecule has 10 heteroatoms. The fraction of sp³-hybridized carbons (Fsp3) is 0.737. The van der Waals surface area contributed by atoms with E-state index in [0.717, 1.165) is 36.6 Å². The molecule has 2 aliphatic carbocycles. The van der Waals surface area contributed by atoms with E-state index < -0.39 is 34.2 Å². The number of aryl methyl sites for hydroxylation is 1. The zero-order valence-electron chi connectivity index (χ0n) is 30.6. The van der Waals surface area contributed by atoms with Gasteiger partial charge in [-0.05, 0) is 68.6 Å². The summed E-state index contributed by atoms with van der Waals surface area (Å²) < 4.78 is 41.5. The molecule has 1 saturated heterocycles. The van der Waals surface area contributed by atoms with Crippen LogP contribution in [0.5, 0.6) is 11.5 Å². The highest BCUT2D eigenvalue weighted by Gasteiger charge is 2.69. The van der Waals surface area contributed by atoms with Crippen molar-refractivity contribution in [2.24, 2.45) is 17.1 Å². The molecule has 4 aliphatic rings. The number of hydrogen-bond acceptors (Lipinski definition) is 10. The van der Waals surface area contributed by atoms with Crippen LogP contribution in [0.3, 0.4) is 0 Å². The molecular formula is C38H60N2O8.